The van der Waals surface area contributed by atoms with Gasteiger partial charge in [-0.3, -0.25) is 4.79 Å². The minimum Gasteiger partial charge on any atom is -0.377 e. The van der Waals surface area contributed by atoms with Crippen molar-refractivity contribution >= 4 is 5.91 Å². The van der Waals surface area contributed by atoms with Crippen molar-refractivity contribution in [2.24, 2.45) is 17.6 Å². The fourth-order valence-electron chi connectivity index (χ4n) is 2.29. The van der Waals surface area contributed by atoms with Gasteiger partial charge in [0.25, 0.3) is 0 Å². The first-order chi connectivity index (χ1) is 6.81. The lowest BCUT2D eigenvalue weighted by atomic mass is 9.95. The van der Waals surface area contributed by atoms with E-state index < -0.39 is 0 Å². The molecule has 3 N–H and O–H groups in total. The fourth-order valence-corrected chi connectivity index (χ4v) is 2.29. The second-order valence-electron chi connectivity index (χ2n) is 4.28. The number of nitrogens with two attached hydrogens (primary N) is 1. The first kappa shape index (κ1) is 9.93. The Morgan fingerprint density at radius 1 is 1.43 bits per heavy atom. The van der Waals surface area contributed by atoms with E-state index in [1.165, 1.54) is 0 Å². The van der Waals surface area contributed by atoms with Gasteiger partial charge in [-0.2, -0.15) is 0 Å². The van der Waals surface area contributed by atoms with Crippen molar-refractivity contribution in [2.75, 3.05) is 19.8 Å². The number of carbonyl (C=O) groups excluding carboxylic acids is 1. The van der Waals surface area contributed by atoms with Crippen LogP contribution in [0.25, 0.3) is 0 Å². The number of hydrogen-bond acceptors (Lipinski definition) is 3. The van der Waals surface area contributed by atoms with Crippen molar-refractivity contribution < 1.29 is 9.53 Å². The van der Waals surface area contributed by atoms with Crippen LogP contribution in [0.1, 0.15) is 19.3 Å². The number of amides is 1. The molecule has 14 heavy (non-hydrogen) atoms. The van der Waals surface area contributed by atoms with Gasteiger partial charge in [-0.15, -0.1) is 0 Å². The van der Waals surface area contributed by atoms with Gasteiger partial charge in [0, 0.05) is 5.92 Å². The Balaban J connectivity index is 1.83. The smallest absolute Gasteiger partial charge is 0.223 e. The van der Waals surface area contributed by atoms with Gasteiger partial charge in [0.15, 0.2) is 0 Å². The summed E-state index contributed by atoms with van der Waals surface area (Å²) in [6.07, 6.45) is 3.25. The highest BCUT2D eigenvalue weighted by Crippen LogP contribution is 2.31. The van der Waals surface area contributed by atoms with Gasteiger partial charge in [0.1, 0.15) is 0 Å². The molecule has 2 aliphatic rings. The first-order valence-electron chi connectivity index (χ1n) is 5.39. The van der Waals surface area contributed by atoms with Gasteiger partial charge in [-0.25, -0.2) is 0 Å². The van der Waals surface area contributed by atoms with Crippen molar-refractivity contribution in [2.45, 2.75) is 25.3 Å². The van der Waals surface area contributed by atoms with Crippen LogP contribution in [-0.2, 0) is 9.53 Å². The Kier molecular flexibility index (Phi) is 3.03. The van der Waals surface area contributed by atoms with Crippen molar-refractivity contribution in [1.29, 1.82) is 0 Å². The average molecular weight is 198 g/mol. The summed E-state index contributed by atoms with van der Waals surface area (Å²) in [5, 5.41) is 3.00. The Hall–Kier alpha value is -0.610. The molecule has 2 fully saturated rings. The number of ether oxygens (including phenoxy) is 1. The van der Waals surface area contributed by atoms with E-state index in [-0.39, 0.29) is 17.9 Å². The molecule has 1 aliphatic carbocycles. The molecule has 2 rings (SSSR count). The third-order valence-corrected chi connectivity index (χ3v) is 3.28. The molecule has 0 aromatic rings. The normalized spacial score (nSPS) is 32.6. The van der Waals surface area contributed by atoms with E-state index in [0.29, 0.717) is 25.7 Å². The molecule has 1 saturated carbocycles. The van der Waals surface area contributed by atoms with Gasteiger partial charge in [-0.1, -0.05) is 6.42 Å². The predicted molar refractivity (Wildman–Crippen MR) is 52.6 cm³/mol. The molecule has 4 heteroatoms. The molecule has 1 heterocycles. The van der Waals surface area contributed by atoms with Gasteiger partial charge >= 0.3 is 0 Å². The monoisotopic (exact) mass is 198 g/mol. The van der Waals surface area contributed by atoms with Crippen LogP contribution in [0.3, 0.4) is 0 Å². The standard InChI is InChI=1S/C10H18N2O2/c11-4-7-2-1-3-9(7)10(13)12-8-5-14-6-8/h7-9H,1-6,11H2,(H,12,13)/t7-,9-/m0/s1. The van der Waals surface area contributed by atoms with Gasteiger partial charge < -0.3 is 15.8 Å². The van der Waals surface area contributed by atoms with E-state index in [9.17, 15) is 4.79 Å². The van der Waals surface area contributed by atoms with E-state index in [1.807, 2.05) is 0 Å². The number of nitrogens with one attached hydrogen (secondary N) is 1. The lowest BCUT2D eigenvalue weighted by Crippen LogP contribution is -2.51. The molecule has 0 spiro atoms. The van der Waals surface area contributed by atoms with Crippen molar-refractivity contribution in [3.05, 3.63) is 0 Å². The summed E-state index contributed by atoms with van der Waals surface area (Å²) in [5.74, 6) is 0.739. The Bertz CT molecular complexity index is 216. The van der Waals surface area contributed by atoms with E-state index in [2.05, 4.69) is 5.32 Å². The topological polar surface area (TPSA) is 64.4 Å². The highest BCUT2D eigenvalue weighted by Gasteiger charge is 2.33. The summed E-state index contributed by atoms with van der Waals surface area (Å²) in [7, 11) is 0. The van der Waals surface area contributed by atoms with E-state index in [4.69, 9.17) is 10.5 Å². The van der Waals surface area contributed by atoms with Crippen LogP contribution in [-0.4, -0.2) is 31.7 Å². The molecule has 80 valence electrons. The van der Waals surface area contributed by atoms with Crippen LogP contribution in [0.4, 0.5) is 0 Å². The van der Waals surface area contributed by atoms with E-state index in [1.54, 1.807) is 0 Å². The summed E-state index contributed by atoms with van der Waals surface area (Å²) < 4.78 is 5.01. The highest BCUT2D eigenvalue weighted by molar-refractivity contribution is 5.79. The zero-order chi connectivity index (χ0) is 9.97. The second-order valence-corrected chi connectivity index (χ2v) is 4.28. The second kappa shape index (κ2) is 4.28. The zero-order valence-electron chi connectivity index (χ0n) is 8.37. The van der Waals surface area contributed by atoms with E-state index >= 15 is 0 Å². The maximum atomic E-state index is 11.8. The third-order valence-electron chi connectivity index (χ3n) is 3.28. The predicted octanol–water partition coefficient (Wildman–Crippen LogP) is -0.124. The maximum absolute atomic E-state index is 11.8. The molecule has 0 radical (unpaired) electrons. The molecule has 1 saturated heterocycles. The molecule has 0 unspecified atom stereocenters. The first-order valence-corrected chi connectivity index (χ1v) is 5.39. The van der Waals surface area contributed by atoms with Crippen LogP contribution in [0, 0.1) is 11.8 Å². The minimum absolute atomic E-state index is 0.153. The van der Waals surface area contributed by atoms with Crippen molar-refractivity contribution in [1.82, 2.24) is 5.32 Å². The van der Waals surface area contributed by atoms with Crippen LogP contribution in [0.15, 0.2) is 0 Å². The molecule has 2 atom stereocenters. The summed E-state index contributed by atoms with van der Waals surface area (Å²) in [6, 6.07) is 0.251. The van der Waals surface area contributed by atoms with Crippen LogP contribution < -0.4 is 11.1 Å². The van der Waals surface area contributed by atoms with Crippen LogP contribution in [0.5, 0.6) is 0 Å². The lowest BCUT2D eigenvalue weighted by Gasteiger charge is -2.29. The van der Waals surface area contributed by atoms with Gasteiger partial charge in [0.05, 0.1) is 19.3 Å². The quantitative estimate of drug-likeness (QED) is 0.664. The SMILES string of the molecule is NC[C@@H]1CCC[C@@H]1C(=O)NC1COC1. The molecule has 4 nitrogen and oxygen atoms in total. The molecule has 0 aromatic carbocycles. The van der Waals surface area contributed by atoms with Gasteiger partial charge in [0.2, 0.25) is 5.91 Å². The van der Waals surface area contributed by atoms with E-state index in [0.717, 1.165) is 19.3 Å². The molecule has 1 aliphatic heterocycles. The summed E-state index contributed by atoms with van der Waals surface area (Å²) in [4.78, 5) is 11.8. The largest absolute Gasteiger partial charge is 0.377 e. The average Bonchev–Trinajstić information content (AvgIpc) is 2.58. The maximum Gasteiger partial charge on any atom is 0.223 e. The minimum atomic E-state index is 0.153. The Morgan fingerprint density at radius 3 is 2.79 bits per heavy atom. The van der Waals surface area contributed by atoms with Crippen LogP contribution in [0.2, 0.25) is 0 Å². The summed E-state index contributed by atoms with van der Waals surface area (Å²) in [5.41, 5.74) is 5.63. The van der Waals surface area contributed by atoms with Crippen molar-refractivity contribution in [3.8, 4) is 0 Å². The zero-order valence-corrected chi connectivity index (χ0v) is 8.37. The Labute approximate surface area is 84.2 Å². The van der Waals surface area contributed by atoms with Gasteiger partial charge in [-0.05, 0) is 25.3 Å². The van der Waals surface area contributed by atoms with Crippen molar-refractivity contribution in [3.63, 3.8) is 0 Å². The molecular formula is C10H18N2O2. The highest BCUT2D eigenvalue weighted by atomic mass is 16.5. The molecule has 1 amide bonds. The molecule has 0 bridgehead atoms. The number of carbonyl (C=O) groups is 1. The number of hydrogen-bond donors (Lipinski definition) is 2. The summed E-state index contributed by atoms with van der Waals surface area (Å²) >= 11 is 0. The molecule has 0 aromatic heterocycles. The Morgan fingerprint density at radius 2 is 2.21 bits per heavy atom. The molecular weight excluding hydrogens is 180 g/mol. The summed E-state index contributed by atoms with van der Waals surface area (Å²) in [6.45, 7) is 1.98. The lowest BCUT2D eigenvalue weighted by molar-refractivity contribution is -0.130. The third kappa shape index (κ3) is 1.91. The number of rotatable bonds is 3. The fraction of sp³-hybridized carbons (Fsp3) is 0.900. The van der Waals surface area contributed by atoms with Crippen LogP contribution >= 0.6 is 0 Å².